The number of carbonyl (C=O) groups excluding carboxylic acids is 6. The molecule has 2 aromatic carbocycles. The van der Waals surface area contributed by atoms with E-state index < -0.39 is 90.4 Å². The Morgan fingerprint density at radius 3 is 1.50 bits per heavy atom. The number of guanidine groups is 1. The van der Waals surface area contributed by atoms with Crippen LogP contribution in [0.15, 0.2) is 59.6 Å². The minimum Gasteiger partial charge on any atom is -0.508 e. The van der Waals surface area contributed by atoms with Crippen molar-refractivity contribution in [1.82, 2.24) is 26.6 Å². The largest absolute Gasteiger partial charge is 0.508 e. The number of nitrogens with two attached hydrogens (primary N) is 4. The molecular weight excluding hydrogens is 850 g/mol. The van der Waals surface area contributed by atoms with Gasteiger partial charge in [0.05, 0.1) is 12.6 Å². The number of aromatic hydroxyl groups is 1. The first-order valence-electron chi connectivity index (χ1n) is 20.2. The van der Waals surface area contributed by atoms with Crippen molar-refractivity contribution in [3.05, 3.63) is 65.7 Å². The van der Waals surface area contributed by atoms with Crippen LogP contribution in [0.5, 0.6) is 5.75 Å². The summed E-state index contributed by atoms with van der Waals surface area (Å²) in [6.45, 7) is 6.67. The normalized spacial score (nSPS) is 13.9. The fourth-order valence-electron chi connectivity index (χ4n) is 5.79. The highest BCUT2D eigenvalue weighted by molar-refractivity contribution is 5.96. The second-order valence-electron chi connectivity index (χ2n) is 15.6. The van der Waals surface area contributed by atoms with Gasteiger partial charge in [0.1, 0.15) is 36.0 Å². The van der Waals surface area contributed by atoms with Crippen molar-refractivity contribution in [1.29, 1.82) is 0 Å². The number of carboxylic acid groups (broad SMARTS) is 1. The zero-order chi connectivity index (χ0) is 48.7. The van der Waals surface area contributed by atoms with Gasteiger partial charge < -0.3 is 64.8 Å². The molecule has 2 rings (SSSR count). The van der Waals surface area contributed by atoms with Crippen molar-refractivity contribution < 1.29 is 62.1 Å². The first-order chi connectivity index (χ1) is 29.8. The molecular formula is C41H61F3N10O10. The average Bonchev–Trinajstić information content (AvgIpc) is 3.20. The van der Waals surface area contributed by atoms with Gasteiger partial charge in [0.2, 0.25) is 35.4 Å². The van der Waals surface area contributed by atoms with E-state index in [-0.39, 0.29) is 68.6 Å². The minimum atomic E-state index is -5.08. The highest BCUT2D eigenvalue weighted by Gasteiger charge is 2.38. The van der Waals surface area contributed by atoms with E-state index in [0.717, 1.165) is 5.56 Å². The summed E-state index contributed by atoms with van der Waals surface area (Å²) in [5.41, 5.74) is 24.0. The molecule has 0 unspecified atom stereocenters. The lowest BCUT2D eigenvalue weighted by molar-refractivity contribution is -0.192. The monoisotopic (exact) mass is 910 g/mol. The lowest BCUT2D eigenvalue weighted by atomic mass is 9.99. The van der Waals surface area contributed by atoms with Gasteiger partial charge in [-0.25, -0.2) is 4.79 Å². The van der Waals surface area contributed by atoms with Crippen LogP contribution in [0.3, 0.4) is 0 Å². The maximum absolute atomic E-state index is 13.9. The predicted octanol–water partition coefficient (Wildman–Crippen LogP) is -0.815. The fourth-order valence-corrected chi connectivity index (χ4v) is 5.79. The summed E-state index contributed by atoms with van der Waals surface area (Å²) in [7, 11) is 0. The smallest absolute Gasteiger partial charge is 0.490 e. The summed E-state index contributed by atoms with van der Waals surface area (Å²) < 4.78 is 31.7. The number of aliphatic carboxylic acids is 1. The van der Waals surface area contributed by atoms with Crippen LogP contribution in [0.1, 0.15) is 64.5 Å². The van der Waals surface area contributed by atoms with Gasteiger partial charge >= 0.3 is 12.1 Å². The molecule has 6 amide bonds. The fraction of sp³-hybridized carbons (Fsp3) is 0.512. The Balaban J connectivity index is 0.00000269. The predicted molar refractivity (Wildman–Crippen MR) is 228 cm³/mol. The third kappa shape index (κ3) is 22.0. The lowest BCUT2D eigenvalue weighted by Crippen LogP contribution is -2.60. The van der Waals surface area contributed by atoms with Crippen LogP contribution in [-0.2, 0) is 46.4 Å². The van der Waals surface area contributed by atoms with Gasteiger partial charge in [-0.2, -0.15) is 13.2 Å². The minimum absolute atomic E-state index is 0.00627. The van der Waals surface area contributed by atoms with Gasteiger partial charge in [-0.3, -0.25) is 33.8 Å². The molecule has 20 nitrogen and oxygen atoms in total. The number of phenolic OH excluding ortho intramolecular Hbond substituents is 1. The molecule has 6 atom stereocenters. The molecule has 0 radical (unpaired) electrons. The van der Waals surface area contributed by atoms with E-state index in [9.17, 15) is 52.2 Å². The van der Waals surface area contributed by atoms with Gasteiger partial charge in [0.15, 0.2) is 5.96 Å². The van der Waals surface area contributed by atoms with E-state index in [0.29, 0.717) is 5.56 Å². The van der Waals surface area contributed by atoms with Gasteiger partial charge in [0.25, 0.3) is 0 Å². The molecule has 0 saturated heterocycles. The van der Waals surface area contributed by atoms with Gasteiger partial charge in [-0.05, 0) is 67.2 Å². The Labute approximate surface area is 368 Å². The molecule has 0 spiro atoms. The third-order valence-electron chi connectivity index (χ3n) is 8.99. The Morgan fingerprint density at radius 1 is 0.641 bits per heavy atom. The van der Waals surface area contributed by atoms with Crippen LogP contribution in [0, 0.1) is 11.8 Å². The van der Waals surface area contributed by atoms with Crippen LogP contribution < -0.4 is 49.5 Å². The summed E-state index contributed by atoms with van der Waals surface area (Å²) >= 11 is 0. The van der Waals surface area contributed by atoms with E-state index in [4.69, 9.17) is 32.8 Å². The molecule has 0 fully saturated rings. The molecule has 2 aromatic rings. The van der Waals surface area contributed by atoms with E-state index in [1.165, 1.54) is 12.1 Å². The van der Waals surface area contributed by atoms with Gasteiger partial charge in [-0.15, -0.1) is 0 Å². The van der Waals surface area contributed by atoms with Crippen LogP contribution in [0.25, 0.3) is 0 Å². The van der Waals surface area contributed by atoms with Crippen LogP contribution in [-0.4, -0.2) is 118 Å². The second kappa shape index (κ2) is 27.5. The molecule has 16 N–H and O–H groups in total. The first-order valence-corrected chi connectivity index (χ1v) is 20.2. The van der Waals surface area contributed by atoms with E-state index in [1.54, 1.807) is 36.4 Å². The molecule has 0 heterocycles. The molecule has 0 saturated carbocycles. The van der Waals surface area contributed by atoms with E-state index in [1.807, 2.05) is 33.8 Å². The number of nitrogens with zero attached hydrogens (tertiary/aromatic N) is 1. The molecule has 64 heavy (non-hydrogen) atoms. The summed E-state index contributed by atoms with van der Waals surface area (Å²) in [5.74, 6) is -7.63. The number of phenols is 1. The third-order valence-corrected chi connectivity index (χ3v) is 8.99. The summed E-state index contributed by atoms with van der Waals surface area (Å²) in [6.07, 6.45) is -4.32. The van der Waals surface area contributed by atoms with Crippen molar-refractivity contribution >= 4 is 47.4 Å². The second-order valence-corrected chi connectivity index (χ2v) is 15.6. The highest BCUT2D eigenvalue weighted by atomic mass is 19.4. The maximum atomic E-state index is 13.9. The van der Waals surface area contributed by atoms with Crippen LogP contribution in [0.4, 0.5) is 13.2 Å². The maximum Gasteiger partial charge on any atom is 0.490 e. The van der Waals surface area contributed by atoms with Crippen molar-refractivity contribution in [3.8, 4) is 5.75 Å². The number of carboxylic acids is 1. The molecule has 0 aromatic heterocycles. The number of hydrogen-bond acceptors (Lipinski definition) is 11. The number of halogens is 3. The highest BCUT2D eigenvalue weighted by Crippen LogP contribution is 2.14. The summed E-state index contributed by atoms with van der Waals surface area (Å²) in [6, 6.07) is 7.84. The Bertz CT molecular complexity index is 1860. The first kappa shape index (κ1) is 55.5. The molecule has 23 heteroatoms. The van der Waals surface area contributed by atoms with Crippen LogP contribution >= 0.6 is 0 Å². The van der Waals surface area contributed by atoms with Crippen molar-refractivity contribution in [3.63, 3.8) is 0 Å². The number of aliphatic imine (C=N–C) groups is 1. The van der Waals surface area contributed by atoms with Crippen LogP contribution in [0.2, 0.25) is 0 Å². The quantitative estimate of drug-likeness (QED) is 0.0349. The van der Waals surface area contributed by atoms with Crippen molar-refractivity contribution in [2.24, 2.45) is 39.8 Å². The number of benzene rings is 2. The molecule has 356 valence electrons. The molecule has 0 aliphatic heterocycles. The number of primary amides is 1. The zero-order valence-electron chi connectivity index (χ0n) is 36.1. The summed E-state index contributed by atoms with van der Waals surface area (Å²) in [5, 5.41) is 39.8. The van der Waals surface area contributed by atoms with Gasteiger partial charge in [-0.1, -0.05) is 70.2 Å². The molecule has 0 aliphatic carbocycles. The average molecular weight is 911 g/mol. The van der Waals surface area contributed by atoms with Crippen molar-refractivity contribution in [2.75, 3.05) is 13.2 Å². The Hall–Kier alpha value is -6.49. The summed E-state index contributed by atoms with van der Waals surface area (Å²) in [4.78, 5) is 92.7. The zero-order valence-corrected chi connectivity index (χ0v) is 36.1. The SMILES string of the molecule is CC(C)C[C@H](NC(=O)[C@H](CC(C)C)NC(=O)[C@H](CO)NC(=O)[C@@H](N)Cc1ccccc1)C(=O)N[C@@H](CCCN=C(N)N)C(=O)N[C@@H](Cc1ccc(O)cc1)C(N)=O.O=C(O)C(F)(F)F. The van der Waals surface area contributed by atoms with Crippen molar-refractivity contribution in [2.45, 2.75) is 109 Å². The van der Waals surface area contributed by atoms with E-state index >= 15 is 0 Å². The Morgan fingerprint density at radius 2 is 1.06 bits per heavy atom. The van der Waals surface area contributed by atoms with Gasteiger partial charge in [0, 0.05) is 13.0 Å². The number of aliphatic hydroxyl groups excluding tert-OH is 1. The number of hydrogen-bond donors (Lipinski definition) is 12. The standard InChI is InChI=1S/C39H60N10O8.C2HF3O2/c1-22(2)17-30(36(55)45-28(11-8-16-44-39(42)43)35(54)46-29(33(41)52)20-25-12-14-26(51)15-13-25)47-37(56)31(18-23(3)4)48-38(57)32(21-50)49-34(53)27(40)19-24-9-6-5-7-10-24;3-2(4,5)1(6)7/h5-7,9-10,12-15,22-23,27-32,50-51H,8,11,16-21,40H2,1-4H3,(H2,41,52)(H,45,55)(H,46,54)(H,47,56)(H,48,57)(H,49,53)(H4,42,43,44);(H,6,7)/t27-,28-,29-,30-,31-,32-;/m0./s1. The number of carbonyl (C=O) groups is 7. The molecule has 0 bridgehead atoms. The number of amides is 6. The lowest BCUT2D eigenvalue weighted by Gasteiger charge is -2.28. The number of aliphatic hydroxyl groups is 1. The molecule has 0 aliphatic rings. The Kier molecular flexibility index (Phi) is 23.9. The van der Waals surface area contributed by atoms with E-state index in [2.05, 4.69) is 31.6 Å². The number of alkyl halides is 3. The number of rotatable bonds is 24. The topological polar surface area (TPSA) is 357 Å². The number of nitrogens with one attached hydrogen (secondary N) is 5.